The van der Waals surface area contributed by atoms with Gasteiger partial charge in [-0.3, -0.25) is 0 Å². The summed E-state index contributed by atoms with van der Waals surface area (Å²) in [5.74, 6) is 0. The lowest BCUT2D eigenvalue weighted by Crippen LogP contribution is -2.30. The first-order valence-electron chi connectivity index (χ1n) is 6.35. The van der Waals surface area contributed by atoms with E-state index in [-0.39, 0.29) is 5.41 Å². The van der Waals surface area contributed by atoms with Crippen molar-refractivity contribution in [3.8, 4) is 0 Å². The van der Waals surface area contributed by atoms with Crippen LogP contribution in [0.4, 0.5) is 0 Å². The van der Waals surface area contributed by atoms with E-state index in [1.54, 1.807) is 0 Å². The van der Waals surface area contributed by atoms with Crippen LogP contribution in [0.2, 0.25) is 0 Å². The monoisotopic (exact) mass is 281 g/mol. The molecule has 0 bridgehead atoms. The van der Waals surface area contributed by atoms with Gasteiger partial charge in [-0.25, -0.2) is 0 Å². The predicted octanol–water partition coefficient (Wildman–Crippen LogP) is 4.11. The van der Waals surface area contributed by atoms with Gasteiger partial charge in [-0.15, -0.1) is 0 Å². The van der Waals surface area contributed by atoms with Crippen LogP contribution in [0.3, 0.4) is 0 Å². The number of azide groups is 3. The van der Waals surface area contributed by atoms with Crippen LogP contribution in [0.15, 0.2) is 15.3 Å². The van der Waals surface area contributed by atoms with Gasteiger partial charge in [0.15, 0.2) is 0 Å². The summed E-state index contributed by atoms with van der Waals surface area (Å²) >= 11 is 0. The Labute approximate surface area is 117 Å². The summed E-state index contributed by atoms with van der Waals surface area (Å²) in [6, 6.07) is 0. The van der Waals surface area contributed by atoms with Gasteiger partial charge in [-0.05, 0) is 48.2 Å². The number of ether oxygens (including phenoxy) is 1. The molecule has 0 spiro atoms. The van der Waals surface area contributed by atoms with E-state index in [9.17, 15) is 0 Å². The molecule has 0 amide bonds. The lowest BCUT2D eigenvalue weighted by Gasteiger charge is -2.32. The number of hydrogen-bond donors (Lipinski definition) is 0. The zero-order chi connectivity index (χ0) is 15.1. The fourth-order valence-corrected chi connectivity index (χ4v) is 1.91. The maximum Gasteiger partial charge on any atom is 0.0522 e. The maximum absolute atomic E-state index is 8.36. The molecule has 0 aromatic carbocycles. The second kappa shape index (κ2) is 12.0. The van der Waals surface area contributed by atoms with Crippen molar-refractivity contribution in [1.82, 2.24) is 0 Å². The highest BCUT2D eigenvalue weighted by atomic mass is 16.5. The van der Waals surface area contributed by atoms with Crippen molar-refractivity contribution < 1.29 is 4.74 Å². The van der Waals surface area contributed by atoms with E-state index in [4.69, 9.17) is 21.3 Å². The molecule has 110 valence electrons. The van der Waals surface area contributed by atoms with Gasteiger partial charge in [0.05, 0.1) is 6.61 Å². The van der Waals surface area contributed by atoms with Crippen LogP contribution in [0.1, 0.15) is 26.2 Å². The summed E-state index contributed by atoms with van der Waals surface area (Å²) in [5, 5.41) is 10.6. The van der Waals surface area contributed by atoms with Gasteiger partial charge >= 0.3 is 0 Å². The number of rotatable bonds is 12. The maximum atomic E-state index is 8.36. The molecular weight excluding hydrogens is 262 g/mol. The topological polar surface area (TPSA) is 156 Å². The Morgan fingerprint density at radius 1 is 0.850 bits per heavy atom. The van der Waals surface area contributed by atoms with Crippen molar-refractivity contribution in [1.29, 1.82) is 0 Å². The summed E-state index contributed by atoms with van der Waals surface area (Å²) in [6.45, 7) is 3.89. The van der Waals surface area contributed by atoms with Gasteiger partial charge in [-0.1, -0.05) is 15.3 Å². The van der Waals surface area contributed by atoms with Crippen LogP contribution in [-0.2, 0) is 4.74 Å². The Hall–Kier alpha value is -2.11. The third-order valence-corrected chi connectivity index (χ3v) is 3.03. The van der Waals surface area contributed by atoms with Crippen molar-refractivity contribution in [2.75, 3.05) is 32.8 Å². The molecule has 0 N–H and O–H groups in total. The highest BCUT2D eigenvalue weighted by Crippen LogP contribution is 2.32. The molecule has 0 atom stereocenters. The molecule has 0 saturated heterocycles. The molecule has 0 unspecified atom stereocenters. The zero-order valence-corrected chi connectivity index (χ0v) is 11.6. The smallest absolute Gasteiger partial charge is 0.0522 e. The zero-order valence-electron chi connectivity index (χ0n) is 11.6. The van der Waals surface area contributed by atoms with Crippen LogP contribution in [0.25, 0.3) is 31.3 Å². The van der Waals surface area contributed by atoms with Gasteiger partial charge in [0, 0.05) is 41.0 Å². The minimum atomic E-state index is -0.313. The van der Waals surface area contributed by atoms with Gasteiger partial charge in [0.25, 0.3) is 0 Å². The van der Waals surface area contributed by atoms with Crippen molar-refractivity contribution >= 4 is 0 Å². The number of nitrogens with zero attached hydrogens (tertiary/aromatic N) is 9. The molecule has 0 aliphatic carbocycles. The Morgan fingerprint density at radius 2 is 1.25 bits per heavy atom. The first-order valence-corrected chi connectivity index (χ1v) is 6.35. The van der Waals surface area contributed by atoms with Crippen LogP contribution < -0.4 is 0 Å². The van der Waals surface area contributed by atoms with E-state index in [2.05, 4.69) is 30.1 Å². The molecule has 0 fully saturated rings. The summed E-state index contributed by atoms with van der Waals surface area (Å²) < 4.78 is 5.49. The first kappa shape index (κ1) is 17.9. The fourth-order valence-electron chi connectivity index (χ4n) is 1.91. The largest absolute Gasteiger partial charge is 0.381 e. The lowest BCUT2D eigenvalue weighted by molar-refractivity contribution is 0.0375. The molecular formula is C10H19N9O. The van der Waals surface area contributed by atoms with Gasteiger partial charge < -0.3 is 4.74 Å². The van der Waals surface area contributed by atoms with Crippen LogP contribution in [0.5, 0.6) is 0 Å². The van der Waals surface area contributed by atoms with E-state index < -0.39 is 0 Å². The summed E-state index contributed by atoms with van der Waals surface area (Å²) in [6.07, 6.45) is 1.79. The molecule has 0 aliphatic heterocycles. The van der Waals surface area contributed by atoms with Gasteiger partial charge in [0.2, 0.25) is 0 Å². The average molecular weight is 281 g/mol. The van der Waals surface area contributed by atoms with Gasteiger partial charge in [-0.2, -0.15) is 0 Å². The van der Waals surface area contributed by atoms with E-state index in [0.717, 1.165) is 0 Å². The van der Waals surface area contributed by atoms with Crippen molar-refractivity contribution in [3.63, 3.8) is 0 Å². The van der Waals surface area contributed by atoms with Crippen molar-refractivity contribution in [3.05, 3.63) is 31.3 Å². The minimum absolute atomic E-state index is 0.313. The molecule has 20 heavy (non-hydrogen) atoms. The quantitative estimate of drug-likeness (QED) is 0.294. The van der Waals surface area contributed by atoms with E-state index in [1.807, 2.05) is 6.92 Å². The molecule has 10 heteroatoms. The minimum Gasteiger partial charge on any atom is -0.381 e. The SMILES string of the molecule is CCOCC(CCN=[N+]=[N-])(CCN=[N+]=[N-])CCN=[N+]=[N-]. The predicted molar refractivity (Wildman–Crippen MR) is 74.8 cm³/mol. The first-order chi connectivity index (χ1) is 9.74. The summed E-state index contributed by atoms with van der Waals surface area (Å²) in [5.41, 5.74) is 24.8. The molecule has 0 aromatic rings. The molecule has 0 rings (SSSR count). The Balaban J connectivity index is 4.85. The lowest BCUT2D eigenvalue weighted by atomic mass is 9.78. The fraction of sp³-hybridized carbons (Fsp3) is 1.00. The highest BCUT2D eigenvalue weighted by Gasteiger charge is 2.28. The summed E-state index contributed by atoms with van der Waals surface area (Å²) in [7, 11) is 0. The van der Waals surface area contributed by atoms with E-state index in [0.29, 0.717) is 52.1 Å². The average Bonchev–Trinajstić information content (AvgIpc) is 2.46. The van der Waals surface area contributed by atoms with Crippen LogP contribution >= 0.6 is 0 Å². The second-order valence-corrected chi connectivity index (χ2v) is 4.25. The molecule has 0 saturated carbocycles. The van der Waals surface area contributed by atoms with Crippen LogP contribution in [0, 0.1) is 5.41 Å². The summed E-state index contributed by atoms with van der Waals surface area (Å²) in [4.78, 5) is 8.20. The highest BCUT2D eigenvalue weighted by molar-refractivity contribution is 4.82. The molecule has 0 radical (unpaired) electrons. The number of hydrogen-bond acceptors (Lipinski definition) is 4. The Bertz CT molecular complexity index is 350. The third kappa shape index (κ3) is 8.07. The van der Waals surface area contributed by atoms with Crippen molar-refractivity contribution in [2.24, 2.45) is 20.8 Å². The third-order valence-electron chi connectivity index (χ3n) is 3.03. The van der Waals surface area contributed by atoms with Gasteiger partial charge in [0.1, 0.15) is 0 Å². The Kier molecular flexibility index (Phi) is 10.7. The standard InChI is InChI=1S/C10H19N9O/c1-2-20-9-10(3-6-14-17-11,4-7-15-18-12)5-8-16-19-13/h2-9H2,1H3. The molecule has 0 heterocycles. The molecule has 0 aromatic heterocycles. The second-order valence-electron chi connectivity index (χ2n) is 4.25. The molecule has 0 aliphatic rings. The Morgan fingerprint density at radius 3 is 1.55 bits per heavy atom. The normalized spacial score (nSPS) is 12.4. The van der Waals surface area contributed by atoms with E-state index >= 15 is 0 Å². The molecule has 10 nitrogen and oxygen atoms in total. The van der Waals surface area contributed by atoms with Crippen molar-refractivity contribution in [2.45, 2.75) is 26.2 Å². The van der Waals surface area contributed by atoms with E-state index in [1.165, 1.54) is 0 Å². The van der Waals surface area contributed by atoms with Crippen LogP contribution in [-0.4, -0.2) is 32.8 Å².